The molecule has 4 nitrogen and oxygen atoms in total. The smallest absolute Gasteiger partial charge is 0.242 e. The molecule has 0 bridgehead atoms. The third-order valence-electron chi connectivity index (χ3n) is 3.80. The van der Waals surface area contributed by atoms with E-state index in [0.717, 1.165) is 5.56 Å². The van der Waals surface area contributed by atoms with E-state index in [0.29, 0.717) is 12.6 Å². The van der Waals surface area contributed by atoms with E-state index in [4.69, 9.17) is 11.6 Å². The number of halogens is 1. The molecule has 2 N–H and O–H groups in total. The Kier molecular flexibility index (Phi) is 5.30. The van der Waals surface area contributed by atoms with Gasteiger partial charge in [0.2, 0.25) is 10.0 Å². The number of hydrogen-bond donors (Lipinski definition) is 2. The van der Waals surface area contributed by atoms with E-state index in [2.05, 4.69) is 10.0 Å². The second-order valence-corrected chi connectivity index (χ2v) is 8.16. The number of sulfonamides is 1. The Balaban J connectivity index is 2.17. The average molecular weight is 331 g/mol. The lowest BCUT2D eigenvalue weighted by Crippen LogP contribution is -2.36. The van der Waals surface area contributed by atoms with Crippen LogP contribution in [0.2, 0.25) is 5.02 Å². The molecule has 1 aromatic rings. The van der Waals surface area contributed by atoms with E-state index in [1.165, 1.54) is 12.8 Å². The summed E-state index contributed by atoms with van der Waals surface area (Å²) < 4.78 is 27.6. The normalized spacial score (nSPS) is 17.2. The standard InChI is InChI=1S/C15H23ClN2O2S/c1-10(2)11(3)18-21(19,20)15-8-12(4-7-14(15)16)9-17-13-5-6-13/h4,7-8,10-11,13,17-18H,5-6,9H2,1-3H3. The van der Waals surface area contributed by atoms with Gasteiger partial charge in [-0.15, -0.1) is 0 Å². The molecule has 0 saturated heterocycles. The van der Waals surface area contributed by atoms with Crippen LogP contribution in [0.15, 0.2) is 23.1 Å². The Morgan fingerprint density at radius 3 is 2.52 bits per heavy atom. The summed E-state index contributed by atoms with van der Waals surface area (Å²) in [7, 11) is -3.59. The van der Waals surface area contributed by atoms with Crippen LogP contribution in [0.5, 0.6) is 0 Å². The fourth-order valence-electron chi connectivity index (χ4n) is 1.86. The summed E-state index contributed by atoms with van der Waals surface area (Å²) in [5, 5.41) is 3.63. The zero-order chi connectivity index (χ0) is 15.6. The highest BCUT2D eigenvalue weighted by Gasteiger charge is 2.23. The lowest BCUT2D eigenvalue weighted by atomic mass is 10.1. The second kappa shape index (κ2) is 6.65. The van der Waals surface area contributed by atoms with Crippen LogP contribution >= 0.6 is 11.6 Å². The van der Waals surface area contributed by atoms with Gasteiger partial charge in [0.05, 0.1) is 5.02 Å². The van der Waals surface area contributed by atoms with Gasteiger partial charge in [0, 0.05) is 18.6 Å². The largest absolute Gasteiger partial charge is 0.310 e. The molecule has 1 unspecified atom stereocenters. The molecule has 2 rings (SSSR count). The molecule has 0 aromatic heterocycles. The van der Waals surface area contributed by atoms with Gasteiger partial charge in [-0.3, -0.25) is 0 Å². The minimum atomic E-state index is -3.59. The van der Waals surface area contributed by atoms with E-state index in [1.807, 2.05) is 26.8 Å². The van der Waals surface area contributed by atoms with Crippen molar-refractivity contribution in [2.75, 3.05) is 0 Å². The van der Waals surface area contributed by atoms with Gasteiger partial charge in [0.15, 0.2) is 0 Å². The molecule has 0 radical (unpaired) electrons. The van der Waals surface area contributed by atoms with Crippen LogP contribution < -0.4 is 10.0 Å². The summed E-state index contributed by atoms with van der Waals surface area (Å²) in [5.74, 6) is 0.221. The fraction of sp³-hybridized carbons (Fsp3) is 0.600. The van der Waals surface area contributed by atoms with Crippen LogP contribution in [-0.4, -0.2) is 20.5 Å². The number of rotatable bonds is 7. The van der Waals surface area contributed by atoms with E-state index < -0.39 is 10.0 Å². The molecule has 1 aliphatic carbocycles. The van der Waals surface area contributed by atoms with Crippen molar-refractivity contribution in [2.24, 2.45) is 5.92 Å². The molecule has 1 saturated carbocycles. The summed E-state index contributed by atoms with van der Waals surface area (Å²) in [6.45, 7) is 6.48. The van der Waals surface area contributed by atoms with E-state index in [-0.39, 0.29) is 21.9 Å². The van der Waals surface area contributed by atoms with E-state index in [1.54, 1.807) is 12.1 Å². The summed E-state index contributed by atoms with van der Waals surface area (Å²) in [6, 6.07) is 5.62. The first-order chi connectivity index (χ1) is 9.79. The van der Waals surface area contributed by atoms with Gasteiger partial charge in [-0.2, -0.15) is 0 Å². The molecule has 1 atom stereocenters. The molecular formula is C15H23ClN2O2S. The predicted molar refractivity (Wildman–Crippen MR) is 85.9 cm³/mol. The third-order valence-corrected chi connectivity index (χ3v) is 5.84. The van der Waals surface area contributed by atoms with Crippen LogP contribution in [0.25, 0.3) is 0 Å². The van der Waals surface area contributed by atoms with Gasteiger partial charge in [-0.05, 0) is 43.4 Å². The van der Waals surface area contributed by atoms with E-state index >= 15 is 0 Å². The van der Waals surface area contributed by atoms with Crippen molar-refractivity contribution in [3.8, 4) is 0 Å². The second-order valence-electron chi connectivity index (χ2n) is 6.07. The van der Waals surface area contributed by atoms with Gasteiger partial charge in [-0.1, -0.05) is 31.5 Å². The minimum absolute atomic E-state index is 0.140. The molecular weight excluding hydrogens is 308 g/mol. The van der Waals surface area contributed by atoms with Crippen LogP contribution in [0.1, 0.15) is 39.2 Å². The van der Waals surface area contributed by atoms with Gasteiger partial charge < -0.3 is 5.32 Å². The summed E-state index contributed by atoms with van der Waals surface area (Å²) >= 11 is 6.08. The average Bonchev–Trinajstić information content (AvgIpc) is 3.21. The monoisotopic (exact) mass is 330 g/mol. The summed E-state index contributed by atoms with van der Waals surface area (Å²) in [5.41, 5.74) is 0.934. The molecule has 0 amide bonds. The molecule has 21 heavy (non-hydrogen) atoms. The van der Waals surface area contributed by atoms with Crippen molar-refractivity contribution in [3.63, 3.8) is 0 Å². The van der Waals surface area contributed by atoms with Crippen molar-refractivity contribution < 1.29 is 8.42 Å². The maximum absolute atomic E-state index is 12.5. The highest BCUT2D eigenvalue weighted by atomic mass is 35.5. The first-order valence-corrected chi connectivity index (χ1v) is 9.20. The number of nitrogens with one attached hydrogen (secondary N) is 2. The van der Waals surface area contributed by atoms with Crippen LogP contribution in [0.3, 0.4) is 0 Å². The fourth-order valence-corrected chi connectivity index (χ4v) is 3.80. The van der Waals surface area contributed by atoms with Gasteiger partial charge >= 0.3 is 0 Å². The lowest BCUT2D eigenvalue weighted by Gasteiger charge is -2.18. The zero-order valence-corrected chi connectivity index (χ0v) is 14.3. The van der Waals surface area contributed by atoms with Crippen LogP contribution in [-0.2, 0) is 16.6 Å². The Labute approximate surface area is 132 Å². The first kappa shape index (κ1) is 16.7. The Hall–Kier alpha value is -0.620. The molecule has 0 spiro atoms. The lowest BCUT2D eigenvalue weighted by molar-refractivity contribution is 0.476. The van der Waals surface area contributed by atoms with Crippen LogP contribution in [0, 0.1) is 5.92 Å². The molecule has 1 aliphatic rings. The third kappa shape index (κ3) is 4.68. The first-order valence-electron chi connectivity index (χ1n) is 7.33. The van der Waals surface area contributed by atoms with Crippen molar-refractivity contribution in [1.82, 2.24) is 10.0 Å². The summed E-state index contributed by atoms with van der Waals surface area (Å²) in [4.78, 5) is 0.159. The van der Waals surface area contributed by atoms with E-state index in [9.17, 15) is 8.42 Å². The Morgan fingerprint density at radius 1 is 1.29 bits per heavy atom. The minimum Gasteiger partial charge on any atom is -0.310 e. The van der Waals surface area contributed by atoms with Crippen molar-refractivity contribution in [2.45, 2.75) is 57.1 Å². The summed E-state index contributed by atoms with van der Waals surface area (Å²) in [6.07, 6.45) is 2.40. The van der Waals surface area contributed by atoms with Gasteiger partial charge in [0.1, 0.15) is 4.90 Å². The molecule has 118 valence electrons. The highest BCUT2D eigenvalue weighted by Crippen LogP contribution is 2.24. The van der Waals surface area contributed by atoms with Gasteiger partial charge in [0.25, 0.3) is 0 Å². The Morgan fingerprint density at radius 2 is 1.95 bits per heavy atom. The van der Waals surface area contributed by atoms with Crippen LogP contribution in [0.4, 0.5) is 0 Å². The maximum atomic E-state index is 12.5. The van der Waals surface area contributed by atoms with Crippen molar-refractivity contribution in [1.29, 1.82) is 0 Å². The zero-order valence-electron chi connectivity index (χ0n) is 12.7. The predicted octanol–water partition coefficient (Wildman–Crippen LogP) is 2.91. The quantitative estimate of drug-likeness (QED) is 0.808. The molecule has 1 fully saturated rings. The van der Waals surface area contributed by atoms with Crippen molar-refractivity contribution >= 4 is 21.6 Å². The molecule has 0 aliphatic heterocycles. The van der Waals surface area contributed by atoms with Gasteiger partial charge in [-0.25, -0.2) is 13.1 Å². The SMILES string of the molecule is CC(C)C(C)NS(=O)(=O)c1cc(CNC2CC2)ccc1Cl. The highest BCUT2D eigenvalue weighted by molar-refractivity contribution is 7.89. The topological polar surface area (TPSA) is 58.2 Å². The van der Waals surface area contributed by atoms with Crippen molar-refractivity contribution in [3.05, 3.63) is 28.8 Å². The number of benzene rings is 1. The number of hydrogen-bond acceptors (Lipinski definition) is 3. The molecule has 1 aromatic carbocycles. The maximum Gasteiger partial charge on any atom is 0.242 e. The Bertz CT molecular complexity index is 598. The molecule has 0 heterocycles. The molecule has 6 heteroatoms.